The van der Waals surface area contributed by atoms with Gasteiger partial charge in [0.05, 0.1) is 17.1 Å². The molecule has 38 heavy (non-hydrogen) atoms. The number of fused-ring (bicyclic) bond motifs is 3. The van der Waals surface area contributed by atoms with E-state index >= 15 is 0 Å². The summed E-state index contributed by atoms with van der Waals surface area (Å²) in [5.74, 6) is -10.2. The Morgan fingerprint density at radius 1 is 1.08 bits per heavy atom. The van der Waals surface area contributed by atoms with Crippen molar-refractivity contribution in [3.63, 3.8) is 0 Å². The lowest BCUT2D eigenvalue weighted by atomic mass is 9.53. The van der Waals surface area contributed by atoms with E-state index in [9.17, 15) is 39.3 Å². The monoisotopic (exact) mass is 526 g/mol. The largest absolute Gasteiger partial charge is 0.507 e. The maximum atomic E-state index is 13.9. The highest BCUT2D eigenvalue weighted by atomic mass is 16.3. The molecular weight excluding hydrogens is 492 g/mol. The maximum Gasteiger partial charge on any atom is 0.235 e. The van der Waals surface area contributed by atoms with Crippen LogP contribution in [0.4, 0.5) is 5.69 Å². The van der Waals surface area contributed by atoms with Crippen molar-refractivity contribution in [2.24, 2.45) is 29.4 Å². The molecule has 0 aromatic heterocycles. The van der Waals surface area contributed by atoms with Gasteiger partial charge in [0.25, 0.3) is 0 Å². The highest BCUT2D eigenvalue weighted by molar-refractivity contribution is 6.31. The lowest BCUT2D eigenvalue weighted by Crippen LogP contribution is -2.68. The van der Waals surface area contributed by atoms with E-state index in [1.54, 1.807) is 0 Å². The number of hydrogen-bond donors (Lipinski definition) is 4. The Morgan fingerprint density at radius 3 is 2.34 bits per heavy atom. The van der Waals surface area contributed by atoms with E-state index in [1.807, 2.05) is 25.1 Å². The third-order valence-electron chi connectivity index (χ3n) is 9.33. The van der Waals surface area contributed by atoms with Crippen LogP contribution in [0.15, 0.2) is 6.07 Å². The summed E-state index contributed by atoms with van der Waals surface area (Å²) in [7, 11) is 3.62. The summed E-state index contributed by atoms with van der Waals surface area (Å²) in [6, 6.07) is 1.81. The van der Waals surface area contributed by atoms with E-state index < -0.39 is 63.9 Å². The third kappa shape index (κ3) is 3.79. The van der Waals surface area contributed by atoms with Gasteiger partial charge < -0.3 is 26.0 Å². The number of phenols is 1. The Balaban J connectivity index is 1.55. The number of anilines is 1. The molecule has 204 valence electrons. The molecule has 1 aromatic carbocycles. The number of aryl methyl sites for hydroxylation is 1. The van der Waals surface area contributed by atoms with Crippen LogP contribution in [0.3, 0.4) is 0 Å². The highest BCUT2D eigenvalue weighted by Crippen LogP contribution is 2.51. The first kappa shape index (κ1) is 26.5. The minimum atomic E-state index is -2.66. The van der Waals surface area contributed by atoms with Gasteiger partial charge in [0.2, 0.25) is 5.91 Å². The standard InChI is InChI=1S/C28H34N2O8/c1-30(2)17-11-13(5-8-27(37)6-3-4-7-27)22(32)20-16(17)10-14-9-15-12-18(31)21(26(29)36)25(35)28(15,38)24(34)19(14)23(20)33/h11,14-15,19,21,32,37-38H,3-10,12H2,1-2H3,(H2,29,36)/t14-,15+,19?,21?,28+/m1/s1. The van der Waals surface area contributed by atoms with Crippen LogP contribution >= 0.6 is 0 Å². The quantitative estimate of drug-likeness (QED) is 0.401. The van der Waals surface area contributed by atoms with E-state index in [-0.39, 0.29) is 30.6 Å². The molecule has 2 unspecified atom stereocenters. The second-order valence-corrected chi connectivity index (χ2v) is 11.8. The maximum absolute atomic E-state index is 13.9. The summed E-state index contributed by atoms with van der Waals surface area (Å²) < 4.78 is 0. The van der Waals surface area contributed by atoms with Gasteiger partial charge in [0.1, 0.15) is 5.75 Å². The Morgan fingerprint density at radius 2 is 1.74 bits per heavy atom. The molecule has 5 N–H and O–H groups in total. The van der Waals surface area contributed by atoms with Crippen molar-refractivity contribution < 1.29 is 39.3 Å². The second-order valence-electron chi connectivity index (χ2n) is 11.8. The fourth-order valence-corrected chi connectivity index (χ4v) is 7.31. The summed E-state index contributed by atoms with van der Waals surface area (Å²) in [5.41, 5.74) is 3.51. The molecule has 0 radical (unpaired) electrons. The SMILES string of the molecule is CN(C)c1cc(CCC2(O)CCCC2)c(O)c2c1C[C@H]1C[C@H]3CC(=O)C(C(N)=O)C(=O)[C@@]3(O)C(=O)C1C2=O. The molecule has 0 saturated heterocycles. The number of phenolic OH excluding ortho intramolecular Hbond substituents is 1. The lowest BCUT2D eigenvalue weighted by molar-refractivity contribution is -0.175. The number of nitrogens with zero attached hydrogens (tertiary/aromatic N) is 1. The van der Waals surface area contributed by atoms with Gasteiger partial charge in [0.15, 0.2) is 34.7 Å². The van der Waals surface area contributed by atoms with E-state index in [0.717, 1.165) is 12.8 Å². The number of carbonyl (C=O) groups is 5. The van der Waals surface area contributed by atoms with Crippen molar-refractivity contribution in [1.29, 1.82) is 0 Å². The van der Waals surface area contributed by atoms with Gasteiger partial charge in [-0.3, -0.25) is 24.0 Å². The normalized spacial score (nSPS) is 32.0. The highest BCUT2D eigenvalue weighted by Gasteiger charge is 2.66. The molecule has 1 aromatic rings. The molecule has 0 spiro atoms. The van der Waals surface area contributed by atoms with Crippen LogP contribution in [0.2, 0.25) is 0 Å². The average molecular weight is 527 g/mol. The van der Waals surface area contributed by atoms with Gasteiger partial charge in [-0.15, -0.1) is 0 Å². The lowest BCUT2D eigenvalue weighted by Gasteiger charge is -2.48. The van der Waals surface area contributed by atoms with Gasteiger partial charge in [-0.2, -0.15) is 0 Å². The van der Waals surface area contributed by atoms with Crippen molar-refractivity contribution in [1.82, 2.24) is 0 Å². The van der Waals surface area contributed by atoms with E-state index in [1.165, 1.54) is 0 Å². The molecule has 3 fully saturated rings. The summed E-state index contributed by atoms with van der Waals surface area (Å²) in [6.45, 7) is 0. The molecule has 0 aliphatic heterocycles. The predicted octanol–water partition coefficient (Wildman–Crippen LogP) is 0.631. The second kappa shape index (κ2) is 8.98. The molecule has 0 heterocycles. The summed E-state index contributed by atoms with van der Waals surface area (Å²) in [6.07, 6.45) is 3.91. The molecule has 10 heteroatoms. The van der Waals surface area contributed by atoms with Crippen molar-refractivity contribution in [3.05, 3.63) is 22.8 Å². The zero-order valence-corrected chi connectivity index (χ0v) is 21.7. The van der Waals surface area contributed by atoms with E-state index in [0.29, 0.717) is 42.5 Å². The molecule has 1 amide bonds. The molecule has 3 saturated carbocycles. The van der Waals surface area contributed by atoms with Crippen LogP contribution in [0.5, 0.6) is 5.75 Å². The number of aromatic hydroxyl groups is 1. The molecular formula is C28H34N2O8. The summed E-state index contributed by atoms with van der Waals surface area (Å²) >= 11 is 0. The Kier molecular flexibility index (Phi) is 6.26. The van der Waals surface area contributed by atoms with Crippen LogP contribution in [-0.4, -0.2) is 69.7 Å². The Labute approximate surface area is 220 Å². The number of primary amides is 1. The zero-order valence-electron chi connectivity index (χ0n) is 21.7. The number of benzene rings is 1. The molecule has 0 bridgehead atoms. The fourth-order valence-electron chi connectivity index (χ4n) is 7.31. The minimum absolute atomic E-state index is 0.00736. The van der Waals surface area contributed by atoms with Crippen LogP contribution in [0.1, 0.15) is 66.4 Å². The van der Waals surface area contributed by atoms with Crippen LogP contribution in [0, 0.1) is 23.7 Å². The van der Waals surface area contributed by atoms with Crippen LogP contribution < -0.4 is 10.6 Å². The molecule has 10 nitrogen and oxygen atoms in total. The van der Waals surface area contributed by atoms with Crippen LogP contribution in [0.25, 0.3) is 0 Å². The number of carbonyl (C=O) groups excluding carboxylic acids is 5. The first-order valence-corrected chi connectivity index (χ1v) is 13.2. The minimum Gasteiger partial charge on any atom is -0.507 e. The van der Waals surface area contributed by atoms with Crippen molar-refractivity contribution in [2.45, 2.75) is 69.0 Å². The number of ketones is 4. The number of nitrogens with two attached hydrogens (primary N) is 1. The summed E-state index contributed by atoms with van der Waals surface area (Å²) in [4.78, 5) is 66.8. The van der Waals surface area contributed by atoms with Crippen molar-refractivity contribution >= 4 is 34.7 Å². The van der Waals surface area contributed by atoms with Gasteiger partial charge in [-0.25, -0.2) is 0 Å². The number of amides is 1. The smallest absolute Gasteiger partial charge is 0.235 e. The summed E-state index contributed by atoms with van der Waals surface area (Å²) in [5, 5.41) is 33.5. The molecule has 4 aliphatic rings. The van der Waals surface area contributed by atoms with Gasteiger partial charge in [-0.1, -0.05) is 12.8 Å². The third-order valence-corrected chi connectivity index (χ3v) is 9.33. The zero-order chi connectivity index (χ0) is 27.7. The first-order chi connectivity index (χ1) is 17.8. The fraction of sp³-hybridized carbons (Fsp3) is 0.607. The number of hydrogen-bond acceptors (Lipinski definition) is 9. The van der Waals surface area contributed by atoms with Crippen LogP contribution in [-0.2, 0) is 32.0 Å². The average Bonchev–Trinajstić information content (AvgIpc) is 3.27. The van der Waals surface area contributed by atoms with Crippen molar-refractivity contribution in [3.8, 4) is 5.75 Å². The predicted molar refractivity (Wildman–Crippen MR) is 135 cm³/mol. The van der Waals surface area contributed by atoms with Gasteiger partial charge >= 0.3 is 0 Å². The molecule has 4 aliphatic carbocycles. The Bertz CT molecular complexity index is 1260. The molecule has 5 rings (SSSR count). The number of aliphatic hydroxyl groups is 2. The van der Waals surface area contributed by atoms with Gasteiger partial charge in [-0.05, 0) is 61.6 Å². The topological polar surface area (TPSA) is 175 Å². The van der Waals surface area contributed by atoms with Gasteiger partial charge in [0, 0.05) is 32.1 Å². The van der Waals surface area contributed by atoms with Crippen molar-refractivity contribution in [2.75, 3.05) is 19.0 Å². The first-order valence-electron chi connectivity index (χ1n) is 13.2. The van der Waals surface area contributed by atoms with E-state index in [2.05, 4.69) is 0 Å². The Hall–Kier alpha value is -3.11. The van der Waals surface area contributed by atoms with E-state index in [4.69, 9.17) is 5.73 Å². The number of rotatable bonds is 5. The molecule has 5 atom stereocenters. The number of Topliss-reactive ketones (excluding diaryl/α,β-unsaturated/α-hetero) is 4.